The van der Waals surface area contributed by atoms with Crippen molar-refractivity contribution in [1.82, 2.24) is 0 Å². The summed E-state index contributed by atoms with van der Waals surface area (Å²) in [6.07, 6.45) is 3.48. The fraction of sp³-hybridized carbons (Fsp3) is 0.538. The minimum atomic E-state index is 0.213. The van der Waals surface area contributed by atoms with Crippen molar-refractivity contribution in [2.24, 2.45) is 5.92 Å². The normalized spacial score (nSPS) is 10.7. The first-order chi connectivity index (χ1) is 7.13. The third-order valence-electron chi connectivity index (χ3n) is 2.49. The average molecular weight is 208 g/mol. The van der Waals surface area contributed by atoms with Gasteiger partial charge in [-0.15, -0.1) is 0 Å². The molecular formula is C13H20O2. The molecule has 0 saturated carbocycles. The molecule has 1 aromatic rings. The van der Waals surface area contributed by atoms with Gasteiger partial charge in [-0.25, -0.2) is 0 Å². The minimum absolute atomic E-state index is 0.213. The van der Waals surface area contributed by atoms with Crippen LogP contribution in [0.15, 0.2) is 18.2 Å². The molecule has 0 spiro atoms. The number of aromatic hydroxyl groups is 1. The van der Waals surface area contributed by atoms with Crippen molar-refractivity contribution in [2.45, 2.75) is 33.1 Å². The molecule has 0 aromatic heterocycles. The van der Waals surface area contributed by atoms with Gasteiger partial charge in [0.1, 0.15) is 0 Å². The number of ether oxygens (including phenoxy) is 1. The van der Waals surface area contributed by atoms with Crippen LogP contribution in [0.3, 0.4) is 0 Å². The van der Waals surface area contributed by atoms with Gasteiger partial charge >= 0.3 is 0 Å². The van der Waals surface area contributed by atoms with Crippen LogP contribution in [0.5, 0.6) is 11.5 Å². The molecule has 0 aliphatic carbocycles. The Kier molecular flexibility index (Phi) is 4.47. The van der Waals surface area contributed by atoms with Gasteiger partial charge in [0.2, 0.25) is 0 Å². The predicted octanol–water partition coefficient (Wildman–Crippen LogP) is 3.38. The lowest BCUT2D eigenvalue weighted by Crippen LogP contribution is -1.92. The number of hydrogen-bond acceptors (Lipinski definition) is 2. The van der Waals surface area contributed by atoms with Crippen LogP contribution >= 0.6 is 0 Å². The Morgan fingerprint density at radius 2 is 2.07 bits per heavy atom. The molecule has 1 rings (SSSR count). The second kappa shape index (κ2) is 5.64. The van der Waals surface area contributed by atoms with Crippen LogP contribution in [0.2, 0.25) is 0 Å². The number of methoxy groups -OCH3 is 1. The fourth-order valence-electron chi connectivity index (χ4n) is 1.59. The van der Waals surface area contributed by atoms with Crippen molar-refractivity contribution in [3.63, 3.8) is 0 Å². The standard InChI is InChI=1S/C13H20O2/c1-10(2)5-4-6-11-7-8-12(14)13(9-11)15-3/h7-10,14H,4-6H2,1-3H3. The summed E-state index contributed by atoms with van der Waals surface area (Å²) in [6, 6.07) is 5.57. The maximum Gasteiger partial charge on any atom is 0.160 e. The van der Waals surface area contributed by atoms with Crippen molar-refractivity contribution in [3.05, 3.63) is 23.8 Å². The van der Waals surface area contributed by atoms with Crippen molar-refractivity contribution >= 4 is 0 Å². The molecule has 84 valence electrons. The zero-order valence-electron chi connectivity index (χ0n) is 9.79. The van der Waals surface area contributed by atoms with Crippen LogP contribution in [-0.4, -0.2) is 12.2 Å². The van der Waals surface area contributed by atoms with Crippen LogP contribution in [-0.2, 0) is 6.42 Å². The fourth-order valence-corrected chi connectivity index (χ4v) is 1.59. The Morgan fingerprint density at radius 3 is 2.67 bits per heavy atom. The molecule has 1 N–H and O–H groups in total. The highest BCUT2D eigenvalue weighted by atomic mass is 16.5. The Balaban J connectivity index is 2.54. The summed E-state index contributed by atoms with van der Waals surface area (Å²) in [7, 11) is 1.58. The van der Waals surface area contributed by atoms with E-state index < -0.39 is 0 Å². The smallest absolute Gasteiger partial charge is 0.160 e. The number of phenolic OH excluding ortho intramolecular Hbond substituents is 1. The Labute approximate surface area is 91.9 Å². The van der Waals surface area contributed by atoms with E-state index >= 15 is 0 Å². The number of aryl methyl sites for hydroxylation is 1. The first-order valence-electron chi connectivity index (χ1n) is 5.49. The van der Waals surface area contributed by atoms with Gasteiger partial charge in [-0.05, 0) is 36.5 Å². The Bertz CT molecular complexity index is 305. The van der Waals surface area contributed by atoms with E-state index in [9.17, 15) is 5.11 Å². The van der Waals surface area contributed by atoms with Crippen molar-refractivity contribution in [1.29, 1.82) is 0 Å². The van der Waals surface area contributed by atoms with Gasteiger partial charge in [0.15, 0.2) is 11.5 Å². The summed E-state index contributed by atoms with van der Waals surface area (Å²) in [5.74, 6) is 1.53. The van der Waals surface area contributed by atoms with Gasteiger partial charge in [0.25, 0.3) is 0 Å². The summed E-state index contributed by atoms with van der Waals surface area (Å²) in [5, 5.41) is 9.42. The van der Waals surface area contributed by atoms with Gasteiger partial charge in [0, 0.05) is 0 Å². The van der Waals surface area contributed by atoms with E-state index in [1.807, 2.05) is 12.1 Å². The molecule has 2 nitrogen and oxygen atoms in total. The number of rotatable bonds is 5. The molecule has 0 fully saturated rings. The first-order valence-corrected chi connectivity index (χ1v) is 5.49. The van der Waals surface area contributed by atoms with E-state index in [0.717, 1.165) is 12.3 Å². The quantitative estimate of drug-likeness (QED) is 0.803. The SMILES string of the molecule is COc1cc(CCCC(C)C)ccc1O. The molecule has 0 unspecified atom stereocenters. The number of phenols is 1. The van der Waals surface area contributed by atoms with Crippen LogP contribution < -0.4 is 4.74 Å². The van der Waals surface area contributed by atoms with Crippen LogP contribution in [0.1, 0.15) is 32.3 Å². The van der Waals surface area contributed by atoms with Crippen molar-refractivity contribution < 1.29 is 9.84 Å². The Hall–Kier alpha value is -1.18. The van der Waals surface area contributed by atoms with Gasteiger partial charge in [0.05, 0.1) is 7.11 Å². The highest BCUT2D eigenvalue weighted by Crippen LogP contribution is 2.27. The molecular weight excluding hydrogens is 188 g/mol. The third kappa shape index (κ3) is 3.82. The van der Waals surface area contributed by atoms with E-state index in [0.29, 0.717) is 5.75 Å². The molecule has 0 amide bonds. The molecule has 0 aliphatic heterocycles. The molecule has 0 atom stereocenters. The largest absolute Gasteiger partial charge is 0.504 e. The van der Waals surface area contributed by atoms with Crippen LogP contribution in [0, 0.1) is 5.92 Å². The van der Waals surface area contributed by atoms with Crippen LogP contribution in [0.4, 0.5) is 0 Å². The van der Waals surface area contributed by atoms with Gasteiger partial charge in [-0.1, -0.05) is 26.3 Å². The molecule has 15 heavy (non-hydrogen) atoms. The zero-order valence-corrected chi connectivity index (χ0v) is 9.79. The maximum atomic E-state index is 9.42. The van der Waals surface area contributed by atoms with E-state index in [-0.39, 0.29) is 5.75 Å². The third-order valence-corrected chi connectivity index (χ3v) is 2.49. The minimum Gasteiger partial charge on any atom is -0.504 e. The summed E-state index contributed by atoms with van der Waals surface area (Å²) in [5.41, 5.74) is 1.23. The molecule has 2 heteroatoms. The van der Waals surface area contributed by atoms with E-state index in [1.54, 1.807) is 13.2 Å². The molecule has 0 heterocycles. The van der Waals surface area contributed by atoms with E-state index in [2.05, 4.69) is 13.8 Å². The lowest BCUT2D eigenvalue weighted by atomic mass is 10.0. The summed E-state index contributed by atoms with van der Waals surface area (Å²) >= 11 is 0. The van der Waals surface area contributed by atoms with Gasteiger partial charge in [-0.2, -0.15) is 0 Å². The second-order valence-corrected chi connectivity index (χ2v) is 4.29. The van der Waals surface area contributed by atoms with E-state index in [1.165, 1.54) is 18.4 Å². The Morgan fingerprint density at radius 1 is 1.33 bits per heavy atom. The molecule has 0 aliphatic rings. The zero-order chi connectivity index (χ0) is 11.3. The number of hydrogen-bond donors (Lipinski definition) is 1. The first kappa shape index (κ1) is 11.9. The highest BCUT2D eigenvalue weighted by Gasteiger charge is 2.02. The van der Waals surface area contributed by atoms with Crippen molar-refractivity contribution in [2.75, 3.05) is 7.11 Å². The number of benzene rings is 1. The van der Waals surface area contributed by atoms with Crippen molar-refractivity contribution in [3.8, 4) is 11.5 Å². The van der Waals surface area contributed by atoms with Gasteiger partial charge < -0.3 is 9.84 Å². The van der Waals surface area contributed by atoms with E-state index in [4.69, 9.17) is 4.74 Å². The summed E-state index contributed by atoms with van der Waals surface area (Å²) in [6.45, 7) is 4.47. The molecule has 0 saturated heterocycles. The molecule has 0 bridgehead atoms. The monoisotopic (exact) mass is 208 g/mol. The maximum absolute atomic E-state index is 9.42. The van der Waals surface area contributed by atoms with Crippen LogP contribution in [0.25, 0.3) is 0 Å². The topological polar surface area (TPSA) is 29.5 Å². The predicted molar refractivity (Wildman–Crippen MR) is 62.4 cm³/mol. The highest BCUT2D eigenvalue weighted by molar-refractivity contribution is 5.41. The molecule has 1 aromatic carbocycles. The van der Waals surface area contributed by atoms with Gasteiger partial charge in [-0.3, -0.25) is 0 Å². The second-order valence-electron chi connectivity index (χ2n) is 4.29. The lowest BCUT2D eigenvalue weighted by Gasteiger charge is -2.07. The average Bonchev–Trinajstić information content (AvgIpc) is 2.20. The summed E-state index contributed by atoms with van der Waals surface area (Å²) < 4.78 is 5.06. The summed E-state index contributed by atoms with van der Waals surface area (Å²) in [4.78, 5) is 0. The molecule has 0 radical (unpaired) electrons. The lowest BCUT2D eigenvalue weighted by molar-refractivity contribution is 0.373.